The summed E-state index contributed by atoms with van der Waals surface area (Å²) in [5.74, 6) is -3.35. The molecule has 20 heteroatoms. The molecule has 0 spiro atoms. The molecule has 1 fully saturated rings. The van der Waals surface area contributed by atoms with Crippen LogP contribution in [0.1, 0.15) is 59.5 Å². The number of rotatable bonds is 6. The van der Waals surface area contributed by atoms with Gasteiger partial charge in [0.2, 0.25) is 0 Å². The van der Waals surface area contributed by atoms with E-state index in [-0.39, 0.29) is 36.5 Å². The molecule has 12 nitrogen and oxygen atoms in total. The molecule has 1 amide bonds. The highest BCUT2D eigenvalue weighted by atomic mass is 35.5. The summed E-state index contributed by atoms with van der Waals surface area (Å²) < 4.78 is 36.9. The fourth-order valence-corrected chi connectivity index (χ4v) is 5.96. The van der Waals surface area contributed by atoms with E-state index in [1.807, 2.05) is 18.2 Å². The second kappa shape index (κ2) is 22.1. The second-order valence-corrected chi connectivity index (χ2v) is 15.9. The average Bonchev–Trinajstić information content (AvgIpc) is 3.36. The lowest BCUT2D eigenvalue weighted by atomic mass is 10.0. The number of thiocarbonyl (C=S) groups is 2. The number of nitriles is 3. The first kappa shape index (κ1) is 50.5. The maximum atomic E-state index is 14.5. The van der Waals surface area contributed by atoms with Crippen molar-refractivity contribution in [1.29, 1.82) is 15.8 Å². The van der Waals surface area contributed by atoms with Gasteiger partial charge in [-0.25, -0.2) is 18.4 Å². The maximum absolute atomic E-state index is 14.5. The average molecular weight is 936 g/mol. The van der Waals surface area contributed by atoms with E-state index in [1.165, 1.54) is 53.3 Å². The third kappa shape index (κ3) is 13.2. The highest BCUT2D eigenvalue weighted by Gasteiger charge is 2.50. The number of nitrogens with zero attached hydrogens (tertiary/aromatic N) is 5. The predicted molar refractivity (Wildman–Crippen MR) is 236 cm³/mol. The van der Waals surface area contributed by atoms with E-state index in [9.17, 15) is 23.2 Å². The summed E-state index contributed by atoms with van der Waals surface area (Å²) in [5.41, 5.74) is 5.53. The highest BCUT2D eigenvalue weighted by Crippen LogP contribution is 2.38. The van der Waals surface area contributed by atoms with Crippen molar-refractivity contribution in [3.63, 3.8) is 0 Å². The molecule has 4 aromatic carbocycles. The van der Waals surface area contributed by atoms with Gasteiger partial charge in [-0.3, -0.25) is 9.69 Å². The SMILES string of the molecule is COC(=O)c1ccc(N2C(=S)N(c3ccc(C#N)c(Cl)c3)C(=O)C2(C)C)cc1F.COC(=O)c1ccc(NC(C)(C)C#N)cc1F.N#Cc1ccc(N)cc1Cl.S=C(Cl)Cl. The Morgan fingerprint density at radius 1 is 0.817 bits per heavy atom. The number of ether oxygens (including phenoxy) is 2. The number of carbonyl (C=O) groups excluding carboxylic acids is 3. The molecular weight excluding hydrogens is 902 g/mol. The van der Waals surface area contributed by atoms with Gasteiger partial charge in [0, 0.05) is 17.1 Å². The van der Waals surface area contributed by atoms with Gasteiger partial charge in [0.1, 0.15) is 34.9 Å². The number of benzene rings is 4. The van der Waals surface area contributed by atoms with Gasteiger partial charge < -0.3 is 25.4 Å². The van der Waals surface area contributed by atoms with E-state index in [0.29, 0.717) is 33.3 Å². The predicted octanol–water partition coefficient (Wildman–Crippen LogP) is 9.92. The highest BCUT2D eigenvalue weighted by molar-refractivity contribution is 7.86. The summed E-state index contributed by atoms with van der Waals surface area (Å²) in [6.45, 7) is 6.64. The van der Waals surface area contributed by atoms with Gasteiger partial charge in [0.25, 0.3) is 5.91 Å². The fraction of sp³-hybridized carbons (Fsp3) is 0.200. The van der Waals surface area contributed by atoms with Crippen molar-refractivity contribution in [1.82, 2.24) is 0 Å². The molecule has 5 rings (SSSR count). The monoisotopic (exact) mass is 933 g/mol. The zero-order chi connectivity index (χ0) is 45.7. The van der Waals surface area contributed by atoms with Crippen LogP contribution in [0.4, 0.5) is 31.5 Å². The Kier molecular flexibility index (Phi) is 18.6. The van der Waals surface area contributed by atoms with Crippen LogP contribution in [0.2, 0.25) is 10.0 Å². The Balaban J connectivity index is 0.000000335. The molecule has 4 aromatic rings. The van der Waals surface area contributed by atoms with Crippen LogP contribution < -0.4 is 20.9 Å². The van der Waals surface area contributed by atoms with Gasteiger partial charge in [-0.2, -0.15) is 15.8 Å². The standard InChI is InChI=1S/C20H15ClFN3O3S.C12H13FN2O2.C7H5ClN2.CCl2S/c1-20(2)18(27)24(12-5-4-11(10-23)15(21)8-12)19(29)25(20)13-6-7-14(16(22)9-13)17(26)28-3;1-12(2,7-14)15-8-4-5-9(10(13)6-8)11(16)17-3;8-7-3-6(10)2-1-5(7)4-9;2-1(3)4/h4-9H,1-3H3;4-6,15H,1-3H3;1-3H,10H2;. The third-order valence-electron chi connectivity index (χ3n) is 7.84. The van der Waals surface area contributed by atoms with Gasteiger partial charge in [-0.1, -0.05) is 58.6 Å². The van der Waals surface area contributed by atoms with Crippen molar-refractivity contribution in [2.24, 2.45) is 0 Å². The number of methoxy groups -OCH3 is 2. The van der Waals surface area contributed by atoms with Crippen molar-refractivity contribution in [2.75, 3.05) is 35.1 Å². The van der Waals surface area contributed by atoms with Crippen LogP contribution in [0.15, 0.2) is 72.8 Å². The first-order valence-electron chi connectivity index (χ1n) is 16.6. The van der Waals surface area contributed by atoms with Crippen molar-refractivity contribution in [3.8, 4) is 18.2 Å². The minimum absolute atomic E-state index is 0.0556. The molecule has 0 aliphatic carbocycles. The zero-order valence-electron chi connectivity index (χ0n) is 32.4. The molecule has 1 heterocycles. The number of nitrogens with two attached hydrogens (primary N) is 1. The Morgan fingerprint density at radius 2 is 1.28 bits per heavy atom. The molecule has 60 heavy (non-hydrogen) atoms. The number of amides is 1. The Labute approximate surface area is 375 Å². The van der Waals surface area contributed by atoms with Crippen molar-refractivity contribution in [2.45, 2.75) is 38.8 Å². The molecule has 0 unspecified atom stereocenters. The number of halogens is 6. The number of anilines is 4. The molecule has 1 aliphatic heterocycles. The number of esters is 2. The van der Waals surface area contributed by atoms with Crippen LogP contribution in [0.3, 0.4) is 0 Å². The summed E-state index contributed by atoms with van der Waals surface area (Å²) in [6, 6.07) is 23.1. The summed E-state index contributed by atoms with van der Waals surface area (Å²) in [7, 11) is 2.35. The molecule has 0 saturated carbocycles. The molecule has 312 valence electrons. The van der Waals surface area contributed by atoms with Crippen LogP contribution in [0, 0.1) is 45.6 Å². The normalized spacial score (nSPS) is 12.3. The summed E-state index contributed by atoms with van der Waals surface area (Å²) in [6.07, 6.45) is 0. The molecule has 0 aromatic heterocycles. The third-order valence-corrected chi connectivity index (χ3v) is 8.83. The van der Waals surface area contributed by atoms with E-state index < -0.39 is 34.7 Å². The van der Waals surface area contributed by atoms with Gasteiger partial charge in [0.05, 0.1) is 58.3 Å². The van der Waals surface area contributed by atoms with Crippen LogP contribution >= 0.6 is 70.8 Å². The minimum atomic E-state index is -1.13. The topological polar surface area (TPSA) is 186 Å². The first-order valence-corrected chi connectivity index (χ1v) is 19.0. The second-order valence-electron chi connectivity index (χ2n) is 12.9. The van der Waals surface area contributed by atoms with Crippen LogP contribution in [-0.4, -0.2) is 52.0 Å². The molecule has 0 bridgehead atoms. The van der Waals surface area contributed by atoms with Crippen LogP contribution in [0.25, 0.3) is 0 Å². The van der Waals surface area contributed by atoms with Gasteiger partial charge in [-0.05, 0) is 113 Å². The molecule has 1 saturated heterocycles. The van der Waals surface area contributed by atoms with Crippen LogP contribution in [-0.2, 0) is 14.3 Å². The zero-order valence-corrected chi connectivity index (χ0v) is 37.0. The molecular formula is C40H33Cl4F2N7O5S2. The molecule has 0 atom stereocenters. The maximum Gasteiger partial charge on any atom is 0.340 e. The van der Waals surface area contributed by atoms with E-state index in [1.54, 1.807) is 52.0 Å². The van der Waals surface area contributed by atoms with E-state index in [0.717, 1.165) is 19.2 Å². The molecule has 1 aliphatic rings. The van der Waals surface area contributed by atoms with E-state index in [4.69, 9.17) is 80.1 Å². The van der Waals surface area contributed by atoms with Crippen molar-refractivity contribution in [3.05, 3.63) is 117 Å². The fourth-order valence-electron chi connectivity index (χ4n) is 4.99. The number of nitrogens with one attached hydrogen (secondary N) is 1. The smallest absolute Gasteiger partial charge is 0.340 e. The summed E-state index contributed by atoms with van der Waals surface area (Å²) in [4.78, 5) is 38.7. The van der Waals surface area contributed by atoms with Crippen molar-refractivity contribution < 1.29 is 32.6 Å². The largest absolute Gasteiger partial charge is 0.465 e. The lowest BCUT2D eigenvalue weighted by molar-refractivity contribution is -0.120. The Hall–Kier alpha value is -5.64. The molecule has 3 N–H and O–H groups in total. The van der Waals surface area contributed by atoms with E-state index >= 15 is 0 Å². The first-order chi connectivity index (χ1) is 28.0. The number of carbonyl (C=O) groups is 3. The van der Waals surface area contributed by atoms with E-state index in [2.05, 4.69) is 27.0 Å². The number of nitrogen functional groups attached to an aromatic ring is 1. The molecule has 0 radical (unpaired) electrons. The quantitative estimate of drug-likeness (QED) is 0.0806. The van der Waals surface area contributed by atoms with Gasteiger partial charge in [0.15, 0.2) is 8.90 Å². The number of hydrogen-bond donors (Lipinski definition) is 2. The summed E-state index contributed by atoms with van der Waals surface area (Å²) in [5, 5.41) is 29.8. The Morgan fingerprint density at radius 3 is 1.72 bits per heavy atom. The van der Waals surface area contributed by atoms with Crippen LogP contribution in [0.5, 0.6) is 0 Å². The van der Waals surface area contributed by atoms with Gasteiger partial charge >= 0.3 is 11.9 Å². The van der Waals surface area contributed by atoms with Crippen molar-refractivity contribution >= 4 is 120 Å². The lowest BCUT2D eigenvalue weighted by Gasteiger charge is -2.29. The lowest BCUT2D eigenvalue weighted by Crippen LogP contribution is -2.44. The van der Waals surface area contributed by atoms with Gasteiger partial charge in [-0.15, -0.1) is 0 Å². The summed E-state index contributed by atoms with van der Waals surface area (Å²) >= 11 is 30.9. The Bertz CT molecular complexity index is 2450. The number of hydrogen-bond acceptors (Lipinski definition) is 12. The minimum Gasteiger partial charge on any atom is -0.465 e.